The van der Waals surface area contributed by atoms with Gasteiger partial charge in [0, 0.05) is 25.1 Å². The summed E-state index contributed by atoms with van der Waals surface area (Å²) in [5.41, 5.74) is 3.41. The molecule has 3 aromatic rings. The Morgan fingerprint density at radius 2 is 2.09 bits per heavy atom. The van der Waals surface area contributed by atoms with E-state index in [9.17, 15) is 9.59 Å². The summed E-state index contributed by atoms with van der Waals surface area (Å²) in [5.74, 6) is -0.616. The Kier molecular flexibility index (Phi) is 6.93. The van der Waals surface area contributed by atoms with E-state index in [1.54, 1.807) is 10.8 Å². The maximum Gasteiger partial charge on any atom is 0.356 e. The quantitative estimate of drug-likeness (QED) is 0.503. The van der Waals surface area contributed by atoms with Crippen LogP contribution in [-0.4, -0.2) is 48.3 Å². The molecule has 1 fully saturated rings. The van der Waals surface area contributed by atoms with E-state index in [1.807, 2.05) is 31.2 Å². The summed E-state index contributed by atoms with van der Waals surface area (Å²) >= 11 is 0. The average Bonchev–Trinajstić information content (AvgIpc) is 3.49. The highest BCUT2D eigenvalue weighted by Gasteiger charge is 2.29. The number of carbonyl (C=O) groups excluding carboxylic acids is 2. The molecule has 0 radical (unpaired) electrons. The molecule has 174 valence electrons. The third kappa shape index (κ3) is 4.71. The molecular formula is C25H30N4O4. The molecule has 4 rings (SSSR count). The number of anilines is 2. The lowest BCUT2D eigenvalue weighted by molar-refractivity contribution is -0.119. The Morgan fingerprint density at radius 1 is 1.30 bits per heavy atom. The third-order valence-electron chi connectivity index (χ3n) is 6.12. The van der Waals surface area contributed by atoms with Gasteiger partial charge in [-0.2, -0.15) is 0 Å². The van der Waals surface area contributed by atoms with Gasteiger partial charge in [0.1, 0.15) is 5.65 Å². The summed E-state index contributed by atoms with van der Waals surface area (Å²) < 4.78 is 12.2. The van der Waals surface area contributed by atoms with Gasteiger partial charge in [-0.1, -0.05) is 37.3 Å². The number of nitrogens with one attached hydrogen (secondary N) is 2. The van der Waals surface area contributed by atoms with Crippen molar-refractivity contribution in [3.05, 3.63) is 53.9 Å². The number of methoxy groups -OCH3 is 1. The minimum absolute atomic E-state index is 0.163. The van der Waals surface area contributed by atoms with Gasteiger partial charge in [0.05, 0.1) is 37.2 Å². The molecule has 1 aromatic carbocycles. The highest BCUT2D eigenvalue weighted by molar-refractivity contribution is 6.11. The molecule has 0 spiro atoms. The first-order valence-electron chi connectivity index (χ1n) is 11.3. The standard InChI is InChI=1S/C25H30N4O4/c1-4-29-22(25(31)32-3)21(28-24(30)18-10-11-33-15-18)20-12-19(14-27-23(20)29)26-13-16(2)17-8-6-5-7-9-17/h5-9,12,14,16,18,26H,4,10-11,13,15H2,1-3H3,(H,28,30)/t16-,18+/m1/s1. The number of amides is 1. The number of benzene rings is 1. The van der Waals surface area contributed by atoms with Crippen LogP contribution in [0.2, 0.25) is 0 Å². The molecule has 0 unspecified atom stereocenters. The van der Waals surface area contributed by atoms with E-state index in [1.165, 1.54) is 12.7 Å². The van der Waals surface area contributed by atoms with Crippen molar-refractivity contribution in [1.82, 2.24) is 9.55 Å². The molecule has 8 nitrogen and oxygen atoms in total. The fourth-order valence-electron chi connectivity index (χ4n) is 4.20. The van der Waals surface area contributed by atoms with Crippen LogP contribution in [0.4, 0.5) is 11.4 Å². The van der Waals surface area contributed by atoms with Gasteiger partial charge in [0.25, 0.3) is 0 Å². The van der Waals surface area contributed by atoms with E-state index >= 15 is 0 Å². The second-order valence-corrected chi connectivity index (χ2v) is 8.30. The van der Waals surface area contributed by atoms with Crippen molar-refractivity contribution < 1.29 is 19.1 Å². The molecule has 33 heavy (non-hydrogen) atoms. The third-order valence-corrected chi connectivity index (χ3v) is 6.12. The van der Waals surface area contributed by atoms with Gasteiger partial charge in [-0.3, -0.25) is 4.79 Å². The zero-order chi connectivity index (χ0) is 23.4. The monoisotopic (exact) mass is 450 g/mol. The van der Waals surface area contributed by atoms with E-state index in [0.29, 0.717) is 54.5 Å². The normalized spacial score (nSPS) is 16.5. The molecule has 1 saturated heterocycles. The lowest BCUT2D eigenvalue weighted by atomic mass is 10.0. The minimum atomic E-state index is -0.514. The van der Waals surface area contributed by atoms with Gasteiger partial charge in [0.2, 0.25) is 5.91 Å². The molecule has 1 amide bonds. The van der Waals surface area contributed by atoms with Crippen molar-refractivity contribution >= 4 is 34.3 Å². The number of aryl methyl sites for hydroxylation is 1. The van der Waals surface area contributed by atoms with Crippen LogP contribution in [0.1, 0.15) is 42.2 Å². The molecule has 0 aliphatic carbocycles. The molecule has 1 aliphatic rings. The Balaban J connectivity index is 1.67. The molecule has 8 heteroatoms. The summed E-state index contributed by atoms with van der Waals surface area (Å²) in [4.78, 5) is 30.2. The maximum absolute atomic E-state index is 12.9. The van der Waals surface area contributed by atoms with Crippen LogP contribution in [0.25, 0.3) is 11.0 Å². The van der Waals surface area contributed by atoms with Crippen molar-refractivity contribution in [1.29, 1.82) is 0 Å². The number of nitrogens with zero attached hydrogens (tertiary/aromatic N) is 2. The number of aromatic nitrogens is 2. The number of hydrogen-bond acceptors (Lipinski definition) is 6. The topological polar surface area (TPSA) is 94.5 Å². The Hall–Kier alpha value is -3.39. The summed E-state index contributed by atoms with van der Waals surface area (Å²) in [6, 6.07) is 12.2. The number of esters is 1. The van der Waals surface area contributed by atoms with Gasteiger partial charge in [0.15, 0.2) is 5.69 Å². The highest BCUT2D eigenvalue weighted by Crippen LogP contribution is 2.33. The SMILES string of the molecule is CCn1c(C(=O)OC)c(NC(=O)[C@H]2CCOC2)c2cc(NC[C@@H](C)c3ccccc3)cnc21. The summed E-state index contributed by atoms with van der Waals surface area (Å²) in [7, 11) is 1.34. The summed E-state index contributed by atoms with van der Waals surface area (Å²) in [5, 5.41) is 7.11. The van der Waals surface area contributed by atoms with Crippen LogP contribution in [0, 0.1) is 5.92 Å². The van der Waals surface area contributed by atoms with Crippen LogP contribution >= 0.6 is 0 Å². The van der Waals surface area contributed by atoms with E-state index in [2.05, 4.69) is 34.7 Å². The molecule has 1 aliphatic heterocycles. The van der Waals surface area contributed by atoms with Gasteiger partial charge in [-0.05, 0) is 30.9 Å². The van der Waals surface area contributed by atoms with Gasteiger partial charge >= 0.3 is 5.97 Å². The van der Waals surface area contributed by atoms with Crippen LogP contribution in [-0.2, 0) is 20.8 Å². The number of fused-ring (bicyclic) bond motifs is 1. The average molecular weight is 451 g/mol. The number of ether oxygens (including phenoxy) is 2. The number of carbonyl (C=O) groups is 2. The first-order valence-corrected chi connectivity index (χ1v) is 11.3. The fraction of sp³-hybridized carbons (Fsp3) is 0.400. The van der Waals surface area contributed by atoms with Gasteiger partial charge < -0.3 is 24.7 Å². The predicted octanol–water partition coefficient (Wildman–Crippen LogP) is 4.03. The second kappa shape index (κ2) is 10.0. The Morgan fingerprint density at radius 3 is 2.76 bits per heavy atom. The Labute approximate surface area is 193 Å². The molecule has 2 N–H and O–H groups in total. The first-order chi connectivity index (χ1) is 16.0. The maximum atomic E-state index is 12.9. The fourth-order valence-corrected chi connectivity index (χ4v) is 4.20. The molecule has 2 atom stereocenters. The van der Waals surface area contributed by atoms with Crippen molar-refractivity contribution in [3.63, 3.8) is 0 Å². The lowest BCUT2D eigenvalue weighted by Crippen LogP contribution is -2.24. The highest BCUT2D eigenvalue weighted by atomic mass is 16.5. The predicted molar refractivity (Wildman–Crippen MR) is 128 cm³/mol. The largest absolute Gasteiger partial charge is 0.464 e. The number of rotatable bonds is 8. The summed E-state index contributed by atoms with van der Waals surface area (Å²) in [6.45, 7) is 6.26. The molecular weight excluding hydrogens is 420 g/mol. The summed E-state index contributed by atoms with van der Waals surface area (Å²) in [6.07, 6.45) is 2.41. The molecule has 0 bridgehead atoms. The van der Waals surface area contributed by atoms with E-state index in [0.717, 1.165) is 12.2 Å². The van der Waals surface area contributed by atoms with E-state index < -0.39 is 5.97 Å². The first kappa shape index (κ1) is 22.8. The van der Waals surface area contributed by atoms with Crippen LogP contribution < -0.4 is 10.6 Å². The zero-order valence-corrected chi connectivity index (χ0v) is 19.3. The van der Waals surface area contributed by atoms with Crippen LogP contribution in [0.15, 0.2) is 42.6 Å². The van der Waals surface area contributed by atoms with Crippen molar-refractivity contribution in [2.45, 2.75) is 32.7 Å². The van der Waals surface area contributed by atoms with Crippen molar-refractivity contribution in [2.75, 3.05) is 37.5 Å². The zero-order valence-electron chi connectivity index (χ0n) is 19.3. The van der Waals surface area contributed by atoms with Crippen molar-refractivity contribution in [2.24, 2.45) is 5.92 Å². The van der Waals surface area contributed by atoms with E-state index in [4.69, 9.17) is 9.47 Å². The number of hydrogen-bond donors (Lipinski definition) is 2. The van der Waals surface area contributed by atoms with Crippen LogP contribution in [0.3, 0.4) is 0 Å². The van der Waals surface area contributed by atoms with E-state index in [-0.39, 0.29) is 11.8 Å². The second-order valence-electron chi connectivity index (χ2n) is 8.30. The van der Waals surface area contributed by atoms with Gasteiger partial charge in [-0.25, -0.2) is 9.78 Å². The minimum Gasteiger partial charge on any atom is -0.464 e. The molecule has 2 aromatic heterocycles. The van der Waals surface area contributed by atoms with Crippen LogP contribution in [0.5, 0.6) is 0 Å². The number of pyridine rings is 1. The molecule has 3 heterocycles. The van der Waals surface area contributed by atoms with Crippen molar-refractivity contribution in [3.8, 4) is 0 Å². The lowest BCUT2D eigenvalue weighted by Gasteiger charge is -2.14. The molecule has 0 saturated carbocycles. The Bertz CT molecular complexity index is 1140. The van der Waals surface area contributed by atoms with Gasteiger partial charge in [-0.15, -0.1) is 0 Å². The smallest absolute Gasteiger partial charge is 0.356 e.